The molecular formula is C20H17BrFNO4S. The zero-order valence-electron chi connectivity index (χ0n) is 15.2. The van der Waals surface area contributed by atoms with Crippen molar-refractivity contribution in [3.63, 3.8) is 0 Å². The number of ether oxygens (including phenoxy) is 2. The van der Waals surface area contributed by atoms with Crippen molar-refractivity contribution in [1.82, 2.24) is 4.90 Å². The van der Waals surface area contributed by atoms with Crippen molar-refractivity contribution in [2.75, 3.05) is 13.7 Å². The van der Waals surface area contributed by atoms with Crippen LogP contribution in [0.25, 0.3) is 6.08 Å². The van der Waals surface area contributed by atoms with Crippen LogP contribution in [0.2, 0.25) is 0 Å². The molecule has 0 radical (unpaired) electrons. The molecule has 0 spiro atoms. The molecule has 0 atom stereocenters. The summed E-state index contributed by atoms with van der Waals surface area (Å²) in [6, 6.07) is 9.55. The Hall–Kier alpha value is -2.32. The number of hydrogen-bond donors (Lipinski definition) is 0. The van der Waals surface area contributed by atoms with Gasteiger partial charge in [0.05, 0.1) is 11.5 Å². The van der Waals surface area contributed by atoms with Crippen molar-refractivity contribution >= 4 is 44.9 Å². The Morgan fingerprint density at radius 1 is 1.14 bits per heavy atom. The quantitative estimate of drug-likeness (QED) is 0.546. The molecule has 0 aliphatic carbocycles. The molecular weight excluding hydrogens is 449 g/mol. The van der Waals surface area contributed by atoms with Crippen LogP contribution in [-0.2, 0) is 11.4 Å². The molecule has 3 rings (SSSR count). The molecule has 0 unspecified atom stereocenters. The summed E-state index contributed by atoms with van der Waals surface area (Å²) in [6.07, 6.45) is 1.64. The first kappa shape index (κ1) is 20.4. The summed E-state index contributed by atoms with van der Waals surface area (Å²) in [4.78, 5) is 25.2. The maximum Gasteiger partial charge on any atom is 0.293 e. The number of carbonyl (C=O) groups excluding carboxylic acids is 2. The molecule has 146 valence electrons. The fourth-order valence-electron chi connectivity index (χ4n) is 2.47. The van der Waals surface area contributed by atoms with Gasteiger partial charge in [0.25, 0.3) is 11.1 Å². The van der Waals surface area contributed by atoms with Crippen molar-refractivity contribution in [3.05, 3.63) is 62.7 Å². The lowest BCUT2D eigenvalue weighted by Crippen LogP contribution is -2.22. The molecule has 28 heavy (non-hydrogen) atoms. The lowest BCUT2D eigenvalue weighted by Gasteiger charge is -2.14. The Kier molecular flexibility index (Phi) is 6.41. The van der Waals surface area contributed by atoms with Crippen LogP contribution in [-0.4, -0.2) is 29.7 Å². The number of hydrogen-bond acceptors (Lipinski definition) is 5. The van der Waals surface area contributed by atoms with Gasteiger partial charge in [-0.3, -0.25) is 14.5 Å². The summed E-state index contributed by atoms with van der Waals surface area (Å²) in [5, 5.41) is -0.309. The number of nitrogens with zero attached hydrogens (tertiary/aromatic N) is 1. The summed E-state index contributed by atoms with van der Waals surface area (Å²) in [6.45, 7) is 2.54. The molecule has 1 aliphatic heterocycles. The van der Waals surface area contributed by atoms with Crippen LogP contribution in [0.4, 0.5) is 9.18 Å². The molecule has 8 heteroatoms. The zero-order valence-corrected chi connectivity index (χ0v) is 17.6. The van der Waals surface area contributed by atoms with Crippen LogP contribution in [0.3, 0.4) is 0 Å². The average molecular weight is 466 g/mol. The average Bonchev–Trinajstić information content (AvgIpc) is 2.91. The number of amides is 2. The SMILES string of the molecule is CCOc1cc(/C=C2\SC(=O)N(C)C2=O)c(Br)cc1OCc1ccc(F)cc1. The Labute approximate surface area is 174 Å². The first-order chi connectivity index (χ1) is 13.4. The number of halogens is 2. The van der Waals surface area contributed by atoms with E-state index in [0.717, 1.165) is 22.2 Å². The fourth-order valence-corrected chi connectivity index (χ4v) is 3.73. The molecule has 0 N–H and O–H groups in total. The highest BCUT2D eigenvalue weighted by Gasteiger charge is 2.32. The Morgan fingerprint density at radius 3 is 2.43 bits per heavy atom. The Balaban J connectivity index is 1.86. The second kappa shape index (κ2) is 8.79. The highest BCUT2D eigenvalue weighted by Crippen LogP contribution is 2.38. The summed E-state index contributed by atoms with van der Waals surface area (Å²) in [5.41, 5.74) is 1.51. The lowest BCUT2D eigenvalue weighted by atomic mass is 10.1. The molecule has 5 nitrogen and oxygen atoms in total. The van der Waals surface area contributed by atoms with Gasteiger partial charge < -0.3 is 9.47 Å². The van der Waals surface area contributed by atoms with Gasteiger partial charge in [0.1, 0.15) is 12.4 Å². The molecule has 1 heterocycles. The normalized spacial score (nSPS) is 15.4. The van der Waals surface area contributed by atoms with E-state index < -0.39 is 0 Å². The minimum atomic E-state index is -0.337. The molecule has 0 saturated carbocycles. The number of benzene rings is 2. The van der Waals surface area contributed by atoms with Crippen LogP contribution < -0.4 is 9.47 Å². The topological polar surface area (TPSA) is 55.8 Å². The number of rotatable bonds is 6. The maximum absolute atomic E-state index is 13.0. The third kappa shape index (κ3) is 4.56. The highest BCUT2D eigenvalue weighted by molar-refractivity contribution is 9.10. The van der Waals surface area contributed by atoms with Crippen LogP contribution in [0, 0.1) is 5.82 Å². The number of imide groups is 1. The van der Waals surface area contributed by atoms with Gasteiger partial charge in [0, 0.05) is 11.5 Å². The summed E-state index contributed by atoms with van der Waals surface area (Å²) < 4.78 is 25.2. The number of carbonyl (C=O) groups is 2. The first-order valence-electron chi connectivity index (χ1n) is 8.44. The minimum Gasteiger partial charge on any atom is -0.490 e. The largest absolute Gasteiger partial charge is 0.490 e. The van der Waals surface area contributed by atoms with E-state index >= 15 is 0 Å². The first-order valence-corrected chi connectivity index (χ1v) is 10.0. The maximum atomic E-state index is 13.0. The Bertz CT molecular complexity index is 946. The van der Waals surface area contributed by atoms with Crippen molar-refractivity contribution in [2.24, 2.45) is 0 Å². The Morgan fingerprint density at radius 2 is 1.82 bits per heavy atom. The molecule has 1 aliphatic rings. The summed E-state index contributed by atoms with van der Waals surface area (Å²) in [7, 11) is 1.45. The van der Waals surface area contributed by atoms with Gasteiger partial charge in [-0.1, -0.05) is 28.1 Å². The second-order valence-corrected chi connectivity index (χ2v) is 7.76. The van der Waals surface area contributed by atoms with E-state index in [9.17, 15) is 14.0 Å². The standard InChI is InChI=1S/C20H17BrFNO4S/c1-3-26-16-8-13(9-18-19(24)23(2)20(25)28-18)15(21)10-17(16)27-11-12-4-6-14(22)7-5-12/h4-10H,3,11H2,1-2H3/b18-9-. The minimum absolute atomic E-state index is 0.251. The third-order valence-electron chi connectivity index (χ3n) is 3.94. The van der Waals surface area contributed by atoms with Crippen LogP contribution >= 0.6 is 27.7 Å². The van der Waals surface area contributed by atoms with E-state index in [-0.39, 0.29) is 23.6 Å². The molecule has 2 aromatic rings. The van der Waals surface area contributed by atoms with Gasteiger partial charge in [0.15, 0.2) is 11.5 Å². The van der Waals surface area contributed by atoms with E-state index in [1.807, 2.05) is 6.92 Å². The molecule has 1 fully saturated rings. The summed E-state index contributed by atoms with van der Waals surface area (Å²) >= 11 is 4.37. The molecule has 1 saturated heterocycles. The predicted octanol–water partition coefficient (Wildman–Crippen LogP) is 5.23. The van der Waals surface area contributed by atoms with Gasteiger partial charge in [-0.15, -0.1) is 0 Å². The summed E-state index contributed by atoms with van der Waals surface area (Å²) in [5.74, 6) is 0.382. The van der Waals surface area contributed by atoms with Crippen molar-refractivity contribution < 1.29 is 23.5 Å². The van der Waals surface area contributed by atoms with E-state index in [1.165, 1.54) is 19.2 Å². The third-order valence-corrected chi connectivity index (χ3v) is 5.59. The molecule has 0 bridgehead atoms. The number of thioether (sulfide) groups is 1. The lowest BCUT2D eigenvalue weighted by molar-refractivity contribution is -0.121. The van der Waals surface area contributed by atoms with Crippen molar-refractivity contribution in [3.8, 4) is 11.5 Å². The van der Waals surface area contributed by atoms with Crippen LogP contribution in [0.1, 0.15) is 18.1 Å². The van der Waals surface area contributed by atoms with E-state index in [4.69, 9.17) is 9.47 Å². The van der Waals surface area contributed by atoms with E-state index in [0.29, 0.717) is 33.0 Å². The van der Waals surface area contributed by atoms with Crippen molar-refractivity contribution in [1.29, 1.82) is 0 Å². The predicted molar refractivity (Wildman–Crippen MR) is 110 cm³/mol. The fraction of sp³-hybridized carbons (Fsp3) is 0.200. The monoisotopic (exact) mass is 465 g/mol. The number of likely N-dealkylation sites (N-methyl/N-ethyl adjacent to an activating group) is 1. The molecule has 0 aromatic heterocycles. The second-order valence-electron chi connectivity index (χ2n) is 5.91. The van der Waals surface area contributed by atoms with Gasteiger partial charge in [-0.05, 0) is 60.2 Å². The van der Waals surface area contributed by atoms with Gasteiger partial charge in [-0.2, -0.15) is 0 Å². The van der Waals surface area contributed by atoms with Crippen LogP contribution in [0.15, 0.2) is 45.8 Å². The smallest absolute Gasteiger partial charge is 0.293 e. The van der Waals surface area contributed by atoms with E-state index in [2.05, 4.69) is 15.9 Å². The van der Waals surface area contributed by atoms with Gasteiger partial charge >= 0.3 is 0 Å². The molecule has 2 amide bonds. The van der Waals surface area contributed by atoms with Crippen molar-refractivity contribution in [2.45, 2.75) is 13.5 Å². The van der Waals surface area contributed by atoms with Crippen LogP contribution in [0.5, 0.6) is 11.5 Å². The van der Waals surface area contributed by atoms with Gasteiger partial charge in [-0.25, -0.2) is 4.39 Å². The molecule has 2 aromatic carbocycles. The van der Waals surface area contributed by atoms with Gasteiger partial charge in [0.2, 0.25) is 0 Å². The van der Waals surface area contributed by atoms with E-state index in [1.54, 1.807) is 30.3 Å². The highest BCUT2D eigenvalue weighted by atomic mass is 79.9. The zero-order chi connectivity index (χ0) is 20.3.